The van der Waals surface area contributed by atoms with E-state index < -0.39 is 5.82 Å². The predicted octanol–water partition coefficient (Wildman–Crippen LogP) is 2.78. The van der Waals surface area contributed by atoms with Crippen LogP contribution in [0.25, 0.3) is 0 Å². The average molecular weight is 359 g/mol. The molecule has 23 heavy (non-hydrogen) atoms. The number of rotatable bonds is 4. The summed E-state index contributed by atoms with van der Waals surface area (Å²) in [6.07, 6.45) is 0.555. The Labute approximate surface area is 144 Å². The highest BCUT2D eigenvalue weighted by Crippen LogP contribution is 2.38. The number of nitrogens with zero attached hydrogens (tertiary/aromatic N) is 2. The molecular weight excluding hydrogens is 339 g/mol. The molecular formula is C16H20ClFN2O2S. The molecule has 2 heterocycles. The lowest BCUT2D eigenvalue weighted by Crippen LogP contribution is -2.45. The third-order valence-corrected chi connectivity index (χ3v) is 5.76. The summed E-state index contributed by atoms with van der Waals surface area (Å²) in [4.78, 5) is 16.6. The molecule has 0 radical (unpaired) electrons. The van der Waals surface area contributed by atoms with Crippen LogP contribution in [0.15, 0.2) is 18.2 Å². The van der Waals surface area contributed by atoms with Gasteiger partial charge in [0.25, 0.3) is 0 Å². The Morgan fingerprint density at radius 3 is 2.83 bits per heavy atom. The number of halogens is 2. The summed E-state index contributed by atoms with van der Waals surface area (Å²) < 4.78 is 18.7. The summed E-state index contributed by atoms with van der Waals surface area (Å²) in [5.74, 6) is 0.511. The zero-order valence-electron chi connectivity index (χ0n) is 12.8. The average Bonchev–Trinajstić information content (AvgIpc) is 2.57. The Morgan fingerprint density at radius 2 is 2.09 bits per heavy atom. The summed E-state index contributed by atoms with van der Waals surface area (Å²) in [7, 11) is 0. The molecule has 0 N–H and O–H groups in total. The zero-order chi connectivity index (χ0) is 16.2. The van der Waals surface area contributed by atoms with E-state index in [9.17, 15) is 9.18 Å². The normalized spacial score (nSPS) is 23.3. The van der Waals surface area contributed by atoms with Gasteiger partial charge in [0.1, 0.15) is 11.2 Å². The molecule has 3 rings (SSSR count). The van der Waals surface area contributed by atoms with Crippen LogP contribution in [0.5, 0.6) is 0 Å². The third-order valence-electron chi connectivity index (χ3n) is 4.18. The molecule has 1 atom stereocenters. The van der Waals surface area contributed by atoms with Crippen LogP contribution in [0, 0.1) is 5.82 Å². The van der Waals surface area contributed by atoms with Crippen molar-refractivity contribution in [3.05, 3.63) is 34.6 Å². The van der Waals surface area contributed by atoms with Crippen LogP contribution in [0.3, 0.4) is 0 Å². The first kappa shape index (κ1) is 17.0. The van der Waals surface area contributed by atoms with E-state index in [2.05, 4.69) is 4.90 Å². The Balaban J connectivity index is 1.70. The molecule has 0 bridgehead atoms. The largest absolute Gasteiger partial charge is 0.379 e. The van der Waals surface area contributed by atoms with Crippen molar-refractivity contribution in [1.82, 2.24) is 9.80 Å². The molecule has 0 spiro atoms. The second-order valence-electron chi connectivity index (χ2n) is 5.69. The molecule has 0 saturated carbocycles. The van der Waals surface area contributed by atoms with Gasteiger partial charge in [-0.3, -0.25) is 9.69 Å². The van der Waals surface area contributed by atoms with Crippen molar-refractivity contribution in [2.75, 3.05) is 45.1 Å². The lowest BCUT2D eigenvalue weighted by Gasteiger charge is -2.37. The molecule has 2 fully saturated rings. The molecule has 2 aliphatic rings. The minimum absolute atomic E-state index is 0.0876. The van der Waals surface area contributed by atoms with Crippen LogP contribution in [-0.2, 0) is 9.53 Å². The topological polar surface area (TPSA) is 32.8 Å². The first-order valence-corrected chi connectivity index (χ1v) is 9.24. The molecule has 1 amide bonds. The fourth-order valence-corrected chi connectivity index (χ4v) is 4.33. The maximum absolute atomic E-state index is 13.4. The number of carbonyl (C=O) groups excluding carboxylic acids is 1. The van der Waals surface area contributed by atoms with Crippen LogP contribution in [0.1, 0.15) is 17.4 Å². The van der Waals surface area contributed by atoms with Crippen molar-refractivity contribution in [2.24, 2.45) is 0 Å². The minimum Gasteiger partial charge on any atom is -0.379 e. The maximum atomic E-state index is 13.4. The Kier molecular flexibility index (Phi) is 5.80. The zero-order valence-corrected chi connectivity index (χ0v) is 14.4. The van der Waals surface area contributed by atoms with E-state index in [0.29, 0.717) is 13.0 Å². The van der Waals surface area contributed by atoms with Gasteiger partial charge < -0.3 is 9.64 Å². The summed E-state index contributed by atoms with van der Waals surface area (Å²) in [5.41, 5.74) is 0.886. The number of benzene rings is 1. The fourth-order valence-electron chi connectivity index (χ4n) is 2.88. The van der Waals surface area contributed by atoms with E-state index in [1.165, 1.54) is 6.07 Å². The molecule has 1 aromatic rings. The van der Waals surface area contributed by atoms with E-state index in [-0.39, 0.29) is 16.3 Å². The van der Waals surface area contributed by atoms with Gasteiger partial charge in [-0.15, -0.1) is 11.8 Å². The number of morpholine rings is 1. The Morgan fingerprint density at radius 1 is 1.30 bits per heavy atom. The lowest BCUT2D eigenvalue weighted by molar-refractivity contribution is -0.132. The molecule has 0 aromatic heterocycles. The van der Waals surface area contributed by atoms with Gasteiger partial charge in [-0.1, -0.05) is 17.7 Å². The van der Waals surface area contributed by atoms with Gasteiger partial charge in [-0.2, -0.15) is 0 Å². The smallest absolute Gasteiger partial charge is 0.224 e. The van der Waals surface area contributed by atoms with Gasteiger partial charge in [0.2, 0.25) is 5.91 Å². The van der Waals surface area contributed by atoms with Gasteiger partial charge in [-0.25, -0.2) is 4.39 Å². The molecule has 126 valence electrons. The van der Waals surface area contributed by atoms with Gasteiger partial charge in [0.05, 0.1) is 18.2 Å². The highest BCUT2D eigenvalue weighted by atomic mass is 35.5. The molecule has 2 saturated heterocycles. The van der Waals surface area contributed by atoms with Crippen molar-refractivity contribution in [3.8, 4) is 0 Å². The van der Waals surface area contributed by atoms with Crippen molar-refractivity contribution in [2.45, 2.75) is 11.8 Å². The number of hydrogen-bond acceptors (Lipinski definition) is 4. The highest BCUT2D eigenvalue weighted by molar-refractivity contribution is 7.99. The van der Waals surface area contributed by atoms with E-state index in [1.54, 1.807) is 23.9 Å². The second-order valence-corrected chi connectivity index (χ2v) is 7.28. The number of amides is 1. The quantitative estimate of drug-likeness (QED) is 0.828. The van der Waals surface area contributed by atoms with E-state index in [1.807, 2.05) is 4.90 Å². The standard InChI is InChI=1S/C16H20ClFN2O2S/c17-13-11-12(1-2-14(13)18)16-20(15(21)3-10-23-16)5-4-19-6-8-22-9-7-19/h1-2,11,16H,3-10H2. The highest BCUT2D eigenvalue weighted by Gasteiger charge is 2.30. The summed E-state index contributed by atoms with van der Waals surface area (Å²) in [6, 6.07) is 4.73. The van der Waals surface area contributed by atoms with Crippen molar-refractivity contribution in [1.29, 1.82) is 0 Å². The van der Waals surface area contributed by atoms with E-state index >= 15 is 0 Å². The van der Waals surface area contributed by atoms with E-state index in [4.69, 9.17) is 16.3 Å². The minimum atomic E-state index is -0.428. The number of ether oxygens (including phenoxy) is 1. The first-order chi connectivity index (χ1) is 11.1. The van der Waals surface area contributed by atoms with Crippen molar-refractivity contribution >= 4 is 29.3 Å². The number of hydrogen-bond donors (Lipinski definition) is 0. The van der Waals surface area contributed by atoms with Gasteiger partial charge in [0, 0.05) is 38.4 Å². The van der Waals surface area contributed by atoms with Crippen LogP contribution < -0.4 is 0 Å². The number of carbonyl (C=O) groups is 1. The van der Waals surface area contributed by atoms with Gasteiger partial charge >= 0.3 is 0 Å². The lowest BCUT2D eigenvalue weighted by atomic mass is 10.2. The number of thioether (sulfide) groups is 1. The molecule has 0 aliphatic carbocycles. The van der Waals surface area contributed by atoms with Crippen LogP contribution in [-0.4, -0.2) is 60.9 Å². The second kappa shape index (κ2) is 7.83. The Hall–Kier alpha value is -0.820. The fraction of sp³-hybridized carbons (Fsp3) is 0.562. The van der Waals surface area contributed by atoms with Crippen LogP contribution in [0.2, 0.25) is 5.02 Å². The molecule has 2 aliphatic heterocycles. The predicted molar refractivity (Wildman–Crippen MR) is 90.2 cm³/mol. The summed E-state index contributed by atoms with van der Waals surface area (Å²) >= 11 is 7.62. The SMILES string of the molecule is O=C1CCSC(c2ccc(F)c(Cl)c2)N1CCN1CCOCC1. The van der Waals surface area contributed by atoms with Crippen molar-refractivity contribution < 1.29 is 13.9 Å². The van der Waals surface area contributed by atoms with Crippen LogP contribution in [0.4, 0.5) is 4.39 Å². The van der Waals surface area contributed by atoms with Gasteiger partial charge in [0.15, 0.2) is 0 Å². The molecule has 4 nitrogen and oxygen atoms in total. The Bertz CT molecular complexity index is 569. The third kappa shape index (κ3) is 4.18. The van der Waals surface area contributed by atoms with E-state index in [0.717, 1.165) is 44.2 Å². The molecule has 1 aromatic carbocycles. The van der Waals surface area contributed by atoms with Crippen molar-refractivity contribution in [3.63, 3.8) is 0 Å². The van der Waals surface area contributed by atoms with Gasteiger partial charge in [-0.05, 0) is 17.7 Å². The molecule has 1 unspecified atom stereocenters. The summed E-state index contributed by atoms with van der Waals surface area (Å²) in [5, 5.41) is 0.0182. The monoisotopic (exact) mass is 358 g/mol. The maximum Gasteiger partial charge on any atom is 0.224 e. The summed E-state index contributed by atoms with van der Waals surface area (Å²) in [6.45, 7) is 4.82. The molecule has 7 heteroatoms. The van der Waals surface area contributed by atoms with Crippen LogP contribution >= 0.6 is 23.4 Å². The first-order valence-electron chi connectivity index (χ1n) is 7.81.